The zero-order valence-corrected chi connectivity index (χ0v) is 11.8. The van der Waals surface area contributed by atoms with E-state index in [2.05, 4.69) is 10.2 Å². The average molecular weight is 302 g/mol. The molecule has 0 bridgehead atoms. The summed E-state index contributed by atoms with van der Waals surface area (Å²) in [6.45, 7) is -0.189. The van der Waals surface area contributed by atoms with Crippen molar-refractivity contribution < 1.29 is 9.59 Å². The van der Waals surface area contributed by atoms with Crippen LogP contribution in [0.25, 0.3) is 0 Å². The van der Waals surface area contributed by atoms with E-state index < -0.39 is 17.4 Å². The highest BCUT2D eigenvalue weighted by molar-refractivity contribution is 7.71. The normalized spacial score (nSPS) is 13.7. The number of rotatable bonds is 2. The summed E-state index contributed by atoms with van der Waals surface area (Å²) in [7, 11) is 1.49. The third-order valence-corrected chi connectivity index (χ3v) is 3.69. The maximum atomic E-state index is 12.2. The van der Waals surface area contributed by atoms with Gasteiger partial charge in [0.25, 0.3) is 17.4 Å². The van der Waals surface area contributed by atoms with E-state index in [1.807, 2.05) is 0 Å². The molecule has 0 fully saturated rings. The Hall–Kier alpha value is -2.61. The number of amides is 2. The summed E-state index contributed by atoms with van der Waals surface area (Å²) in [6, 6.07) is 6.54. The number of carbonyl (C=O) groups excluding carboxylic acids is 2. The molecule has 0 aliphatic carbocycles. The Morgan fingerprint density at radius 3 is 2.29 bits per heavy atom. The average Bonchev–Trinajstić information content (AvgIpc) is 2.73. The standard InChI is InChI=1S/C13H10N4O3S/c1-16-12(20)9(14-15-13(16)21)6-17-10(18)7-4-2-3-5-8(7)11(17)19/h2-5H,6H2,1H3,(H,15,21). The molecule has 1 aliphatic heterocycles. The number of nitrogens with zero attached hydrogens (tertiary/aromatic N) is 3. The Kier molecular flexibility index (Phi) is 3.02. The second kappa shape index (κ2) is 4.74. The van der Waals surface area contributed by atoms with Gasteiger partial charge in [0.05, 0.1) is 17.7 Å². The number of benzene rings is 1. The van der Waals surface area contributed by atoms with E-state index in [4.69, 9.17) is 12.2 Å². The molecule has 1 aromatic heterocycles. The van der Waals surface area contributed by atoms with Crippen LogP contribution < -0.4 is 5.56 Å². The van der Waals surface area contributed by atoms with E-state index in [9.17, 15) is 14.4 Å². The summed E-state index contributed by atoms with van der Waals surface area (Å²) in [6.07, 6.45) is 0. The van der Waals surface area contributed by atoms with E-state index in [0.717, 1.165) is 4.90 Å². The zero-order chi connectivity index (χ0) is 15.1. The predicted octanol–water partition coefficient (Wildman–Crippen LogP) is 0.634. The van der Waals surface area contributed by atoms with Crippen molar-refractivity contribution in [2.75, 3.05) is 0 Å². The predicted molar refractivity (Wildman–Crippen MR) is 75.3 cm³/mol. The number of H-pyrrole nitrogens is 1. The van der Waals surface area contributed by atoms with Crippen LogP contribution in [-0.2, 0) is 13.6 Å². The minimum Gasteiger partial charge on any atom is -0.286 e. The molecule has 8 heteroatoms. The van der Waals surface area contributed by atoms with Crippen LogP contribution in [0.1, 0.15) is 26.4 Å². The number of hydrogen-bond acceptors (Lipinski definition) is 5. The summed E-state index contributed by atoms with van der Waals surface area (Å²) >= 11 is 4.88. The molecule has 3 rings (SSSR count). The minimum atomic E-state index is -0.435. The zero-order valence-electron chi connectivity index (χ0n) is 11.0. The van der Waals surface area contributed by atoms with Gasteiger partial charge in [-0.2, -0.15) is 5.10 Å². The van der Waals surface area contributed by atoms with Crippen LogP contribution in [-0.4, -0.2) is 31.5 Å². The van der Waals surface area contributed by atoms with Crippen molar-refractivity contribution in [3.05, 3.63) is 56.2 Å². The molecule has 0 radical (unpaired) electrons. The van der Waals surface area contributed by atoms with Crippen molar-refractivity contribution in [2.24, 2.45) is 7.05 Å². The Balaban J connectivity index is 2.00. The largest absolute Gasteiger partial charge is 0.286 e. The van der Waals surface area contributed by atoms with Crippen molar-refractivity contribution >= 4 is 24.0 Å². The maximum Gasteiger partial charge on any atom is 0.277 e. The Bertz CT molecular complexity index is 848. The summed E-state index contributed by atoms with van der Waals surface area (Å²) < 4.78 is 1.38. The fraction of sp³-hybridized carbons (Fsp3) is 0.154. The highest BCUT2D eigenvalue weighted by Crippen LogP contribution is 2.23. The molecule has 0 saturated carbocycles. The molecule has 1 aliphatic rings. The lowest BCUT2D eigenvalue weighted by atomic mass is 10.1. The second-order valence-electron chi connectivity index (χ2n) is 4.58. The molecule has 2 amide bonds. The van der Waals surface area contributed by atoms with E-state index in [1.54, 1.807) is 24.3 Å². The van der Waals surface area contributed by atoms with Crippen LogP contribution in [0.4, 0.5) is 0 Å². The van der Waals surface area contributed by atoms with E-state index >= 15 is 0 Å². The Morgan fingerprint density at radius 1 is 1.14 bits per heavy atom. The van der Waals surface area contributed by atoms with Gasteiger partial charge in [-0.05, 0) is 24.4 Å². The maximum absolute atomic E-state index is 12.2. The highest BCUT2D eigenvalue weighted by atomic mass is 32.1. The first-order valence-electron chi connectivity index (χ1n) is 6.10. The molecular weight excluding hydrogens is 292 g/mol. The molecule has 0 saturated heterocycles. The molecule has 21 heavy (non-hydrogen) atoms. The molecule has 2 heterocycles. The van der Waals surface area contributed by atoms with E-state index in [0.29, 0.717) is 11.1 Å². The minimum absolute atomic E-state index is 0.0561. The lowest BCUT2D eigenvalue weighted by Gasteiger charge is -2.12. The first-order chi connectivity index (χ1) is 10.0. The topological polar surface area (TPSA) is 88.1 Å². The summed E-state index contributed by atoms with van der Waals surface area (Å²) in [5.74, 6) is -0.858. The third-order valence-electron chi connectivity index (χ3n) is 3.33. The van der Waals surface area contributed by atoms with Gasteiger partial charge in [0, 0.05) is 7.05 Å². The number of hydrogen-bond donors (Lipinski definition) is 1. The number of aromatic nitrogens is 3. The molecule has 2 aromatic rings. The first-order valence-corrected chi connectivity index (χ1v) is 6.51. The molecule has 106 valence electrons. The number of carbonyl (C=O) groups is 2. The number of imide groups is 1. The number of aromatic amines is 1. The lowest BCUT2D eigenvalue weighted by Crippen LogP contribution is -2.34. The van der Waals surface area contributed by atoms with Crippen molar-refractivity contribution in [2.45, 2.75) is 6.54 Å². The van der Waals surface area contributed by atoms with Crippen LogP contribution in [0.3, 0.4) is 0 Å². The lowest BCUT2D eigenvalue weighted by molar-refractivity contribution is 0.0639. The summed E-state index contributed by atoms with van der Waals surface area (Å²) in [5.41, 5.74) is 0.294. The SMILES string of the molecule is Cn1c(=S)[nH]nc(CN2C(=O)c3ccccc3C2=O)c1=O. The molecule has 0 spiro atoms. The van der Waals surface area contributed by atoms with Gasteiger partial charge in [-0.25, -0.2) is 0 Å². The van der Waals surface area contributed by atoms with Gasteiger partial charge in [0.2, 0.25) is 0 Å². The Morgan fingerprint density at radius 2 is 1.71 bits per heavy atom. The van der Waals surface area contributed by atoms with Crippen LogP contribution in [0.2, 0.25) is 0 Å². The van der Waals surface area contributed by atoms with Crippen molar-refractivity contribution in [3.8, 4) is 0 Å². The monoisotopic (exact) mass is 302 g/mol. The highest BCUT2D eigenvalue weighted by Gasteiger charge is 2.35. The molecule has 1 N–H and O–H groups in total. The molecule has 0 unspecified atom stereocenters. The van der Waals surface area contributed by atoms with Gasteiger partial charge in [-0.15, -0.1) is 0 Å². The van der Waals surface area contributed by atoms with Crippen molar-refractivity contribution in [1.29, 1.82) is 0 Å². The van der Waals surface area contributed by atoms with Crippen molar-refractivity contribution in [3.63, 3.8) is 0 Å². The molecule has 1 aromatic carbocycles. The smallest absolute Gasteiger partial charge is 0.277 e. The van der Waals surface area contributed by atoms with Gasteiger partial charge in [-0.1, -0.05) is 12.1 Å². The van der Waals surface area contributed by atoms with Crippen LogP contribution in [0, 0.1) is 4.77 Å². The molecular formula is C13H10N4O3S. The van der Waals surface area contributed by atoms with Crippen LogP contribution in [0.5, 0.6) is 0 Å². The quantitative estimate of drug-likeness (QED) is 0.649. The first kappa shape index (κ1) is 13.4. The Labute approximate surface area is 123 Å². The summed E-state index contributed by atoms with van der Waals surface area (Å²) in [5, 5.41) is 6.34. The third kappa shape index (κ3) is 2.00. The van der Waals surface area contributed by atoms with Gasteiger partial charge in [0.1, 0.15) is 5.69 Å². The number of fused-ring (bicyclic) bond motifs is 1. The van der Waals surface area contributed by atoms with Gasteiger partial charge >= 0.3 is 0 Å². The fourth-order valence-electron chi connectivity index (χ4n) is 2.16. The molecule has 7 nitrogen and oxygen atoms in total. The summed E-state index contributed by atoms with van der Waals surface area (Å²) in [4.78, 5) is 37.5. The van der Waals surface area contributed by atoms with Crippen molar-refractivity contribution in [1.82, 2.24) is 19.7 Å². The van der Waals surface area contributed by atoms with E-state index in [1.165, 1.54) is 11.6 Å². The number of nitrogens with one attached hydrogen (secondary N) is 1. The molecule has 0 atom stereocenters. The van der Waals surface area contributed by atoms with Gasteiger partial charge in [-0.3, -0.25) is 28.9 Å². The van der Waals surface area contributed by atoms with Crippen LogP contribution >= 0.6 is 12.2 Å². The second-order valence-corrected chi connectivity index (χ2v) is 4.97. The fourth-order valence-corrected chi connectivity index (χ4v) is 2.29. The van der Waals surface area contributed by atoms with Gasteiger partial charge < -0.3 is 0 Å². The van der Waals surface area contributed by atoms with E-state index in [-0.39, 0.29) is 17.0 Å². The van der Waals surface area contributed by atoms with Crippen LogP contribution in [0.15, 0.2) is 29.1 Å². The van der Waals surface area contributed by atoms with Gasteiger partial charge in [0.15, 0.2) is 4.77 Å².